The smallest absolute Gasteiger partial charge is 0.325 e. The molecule has 0 radical (unpaired) electrons. The fraction of sp³-hybridized carbons (Fsp3) is 0.391. The van der Waals surface area contributed by atoms with Crippen molar-refractivity contribution in [3.63, 3.8) is 0 Å². The van der Waals surface area contributed by atoms with Gasteiger partial charge in [-0.1, -0.05) is 74.5 Å². The molecule has 3 rings (SSSR count). The zero-order chi connectivity index (χ0) is 20.9. The average Bonchev–Trinajstić information content (AvgIpc) is 2.94. The number of imide groups is 1. The molecule has 154 valence electrons. The number of aliphatic hydroxyl groups is 1. The molecule has 2 atom stereocenters. The lowest BCUT2D eigenvalue weighted by Gasteiger charge is -2.29. The lowest BCUT2D eigenvalue weighted by molar-refractivity contribution is -0.133. The standard InChI is InChI=1S/C23H28N2O4/c1-17(2)13-23(19-11-7-4-8-12-19)21(27)25(22(28)24-23)14-20(26)16-29-15-18-9-5-3-6-10-18/h3-12,17,20,26H,13-16H2,1-2H3,(H,24,28)/t20-,23-/m0/s1. The maximum atomic E-state index is 13.3. The largest absolute Gasteiger partial charge is 0.389 e. The molecule has 29 heavy (non-hydrogen) atoms. The molecule has 0 unspecified atom stereocenters. The third kappa shape index (κ3) is 4.83. The van der Waals surface area contributed by atoms with Crippen molar-refractivity contribution in [3.8, 4) is 0 Å². The topological polar surface area (TPSA) is 78.9 Å². The van der Waals surface area contributed by atoms with E-state index >= 15 is 0 Å². The monoisotopic (exact) mass is 396 g/mol. The molecule has 0 aliphatic carbocycles. The van der Waals surface area contributed by atoms with Crippen LogP contribution in [0.15, 0.2) is 60.7 Å². The number of nitrogens with one attached hydrogen (secondary N) is 1. The zero-order valence-corrected chi connectivity index (χ0v) is 16.9. The second kappa shape index (κ2) is 9.20. The van der Waals surface area contributed by atoms with Crippen molar-refractivity contribution in [2.75, 3.05) is 13.2 Å². The quantitative estimate of drug-likeness (QED) is 0.639. The Labute approximate surface area is 171 Å². The number of aliphatic hydroxyl groups excluding tert-OH is 1. The zero-order valence-electron chi connectivity index (χ0n) is 16.9. The van der Waals surface area contributed by atoms with Crippen molar-refractivity contribution in [1.82, 2.24) is 10.2 Å². The molecule has 2 N–H and O–H groups in total. The summed E-state index contributed by atoms with van der Waals surface area (Å²) in [6, 6.07) is 18.4. The van der Waals surface area contributed by atoms with Gasteiger partial charge in [0.25, 0.3) is 5.91 Å². The van der Waals surface area contributed by atoms with Crippen LogP contribution >= 0.6 is 0 Å². The Morgan fingerprint density at radius 3 is 2.28 bits per heavy atom. The van der Waals surface area contributed by atoms with Gasteiger partial charge in [0.1, 0.15) is 5.54 Å². The average molecular weight is 396 g/mol. The SMILES string of the molecule is CC(C)C[C@@]1(c2ccccc2)NC(=O)N(C[C@H](O)COCc2ccccc2)C1=O. The van der Waals surface area contributed by atoms with Crippen LogP contribution in [0.25, 0.3) is 0 Å². The third-order valence-corrected chi connectivity index (χ3v) is 4.97. The van der Waals surface area contributed by atoms with Crippen LogP contribution < -0.4 is 5.32 Å². The predicted molar refractivity (Wildman–Crippen MR) is 110 cm³/mol. The van der Waals surface area contributed by atoms with Gasteiger partial charge in [-0.2, -0.15) is 0 Å². The van der Waals surface area contributed by atoms with Gasteiger partial charge in [0.05, 0.1) is 25.9 Å². The molecule has 6 heteroatoms. The Bertz CT molecular complexity index is 825. The van der Waals surface area contributed by atoms with Crippen molar-refractivity contribution in [1.29, 1.82) is 0 Å². The van der Waals surface area contributed by atoms with E-state index in [0.29, 0.717) is 13.0 Å². The molecule has 3 amide bonds. The molecule has 0 aromatic heterocycles. The lowest BCUT2D eigenvalue weighted by Crippen LogP contribution is -2.45. The Balaban J connectivity index is 1.67. The van der Waals surface area contributed by atoms with E-state index < -0.39 is 17.7 Å². The molecule has 0 spiro atoms. The molecule has 1 fully saturated rings. The number of nitrogens with zero attached hydrogens (tertiary/aromatic N) is 1. The predicted octanol–water partition coefficient (Wildman–Crippen LogP) is 3.06. The number of β-amino-alcohol motifs (C(OH)–C–C–N with tert-alkyl or cyclic N) is 1. The van der Waals surface area contributed by atoms with Gasteiger partial charge >= 0.3 is 6.03 Å². The summed E-state index contributed by atoms with van der Waals surface area (Å²) < 4.78 is 5.54. The summed E-state index contributed by atoms with van der Waals surface area (Å²) >= 11 is 0. The minimum Gasteiger partial charge on any atom is -0.389 e. The lowest BCUT2D eigenvalue weighted by atomic mass is 9.82. The molecule has 1 saturated heterocycles. The van der Waals surface area contributed by atoms with Gasteiger partial charge in [-0.15, -0.1) is 0 Å². The van der Waals surface area contributed by atoms with Crippen LogP contribution in [0.4, 0.5) is 4.79 Å². The van der Waals surface area contributed by atoms with Crippen LogP contribution in [-0.2, 0) is 21.7 Å². The first kappa shape index (κ1) is 21.0. The van der Waals surface area contributed by atoms with Crippen LogP contribution in [0.1, 0.15) is 31.4 Å². The number of carbonyl (C=O) groups is 2. The van der Waals surface area contributed by atoms with E-state index in [1.54, 1.807) is 0 Å². The van der Waals surface area contributed by atoms with Gasteiger partial charge in [-0.05, 0) is 23.5 Å². The van der Waals surface area contributed by atoms with Crippen LogP contribution in [0, 0.1) is 5.92 Å². The molecule has 2 aromatic carbocycles. The molecule has 2 aromatic rings. The van der Waals surface area contributed by atoms with E-state index in [1.807, 2.05) is 74.5 Å². The van der Waals surface area contributed by atoms with Crippen molar-refractivity contribution in [3.05, 3.63) is 71.8 Å². The van der Waals surface area contributed by atoms with E-state index in [2.05, 4.69) is 5.32 Å². The number of rotatable bonds is 9. The maximum Gasteiger partial charge on any atom is 0.325 e. The van der Waals surface area contributed by atoms with E-state index in [9.17, 15) is 14.7 Å². The molecular formula is C23H28N2O4. The van der Waals surface area contributed by atoms with Crippen LogP contribution in [0.3, 0.4) is 0 Å². The molecule has 1 aliphatic heterocycles. The van der Waals surface area contributed by atoms with Gasteiger partial charge in [0.2, 0.25) is 0 Å². The second-order valence-electron chi connectivity index (χ2n) is 7.87. The minimum atomic E-state index is -1.10. The second-order valence-corrected chi connectivity index (χ2v) is 7.87. The summed E-state index contributed by atoms with van der Waals surface area (Å²) in [6.07, 6.45) is -0.474. The van der Waals surface area contributed by atoms with Gasteiger partial charge in [-0.25, -0.2) is 4.79 Å². The summed E-state index contributed by atoms with van der Waals surface area (Å²) in [7, 11) is 0. The van der Waals surface area contributed by atoms with Gasteiger partial charge in [0, 0.05) is 0 Å². The van der Waals surface area contributed by atoms with E-state index in [1.165, 1.54) is 0 Å². The minimum absolute atomic E-state index is 0.0362. The Kier molecular flexibility index (Phi) is 6.67. The van der Waals surface area contributed by atoms with Gasteiger partial charge in [0.15, 0.2) is 0 Å². The molecule has 1 aliphatic rings. The molecule has 6 nitrogen and oxygen atoms in total. The Morgan fingerprint density at radius 1 is 1.03 bits per heavy atom. The van der Waals surface area contributed by atoms with Crippen molar-refractivity contribution >= 4 is 11.9 Å². The van der Waals surface area contributed by atoms with E-state index in [-0.39, 0.29) is 25.0 Å². The summed E-state index contributed by atoms with van der Waals surface area (Å²) in [5.74, 6) is -0.136. The normalized spacial score (nSPS) is 20.2. The molecule has 0 saturated carbocycles. The summed E-state index contributed by atoms with van der Waals surface area (Å²) in [4.78, 5) is 27.0. The number of urea groups is 1. The van der Waals surface area contributed by atoms with Crippen LogP contribution in [0.5, 0.6) is 0 Å². The van der Waals surface area contributed by atoms with Gasteiger partial charge < -0.3 is 15.2 Å². The number of hydrogen-bond donors (Lipinski definition) is 2. The van der Waals surface area contributed by atoms with Crippen molar-refractivity contribution in [2.24, 2.45) is 5.92 Å². The first-order chi connectivity index (χ1) is 13.9. The van der Waals surface area contributed by atoms with Crippen molar-refractivity contribution < 1.29 is 19.4 Å². The highest BCUT2D eigenvalue weighted by molar-refractivity contribution is 6.07. The summed E-state index contributed by atoms with van der Waals surface area (Å²) in [5.41, 5.74) is 0.649. The first-order valence-electron chi connectivity index (χ1n) is 9.92. The number of amides is 3. The number of carbonyl (C=O) groups excluding carboxylic acids is 2. The highest BCUT2D eigenvalue weighted by Gasteiger charge is 2.52. The molecule has 1 heterocycles. The highest BCUT2D eigenvalue weighted by Crippen LogP contribution is 2.35. The maximum absolute atomic E-state index is 13.3. The molecular weight excluding hydrogens is 368 g/mol. The summed E-state index contributed by atoms with van der Waals surface area (Å²) in [5, 5.41) is 13.2. The fourth-order valence-electron chi connectivity index (χ4n) is 3.73. The van der Waals surface area contributed by atoms with E-state index in [0.717, 1.165) is 16.0 Å². The van der Waals surface area contributed by atoms with Gasteiger partial charge in [-0.3, -0.25) is 9.69 Å². The van der Waals surface area contributed by atoms with Crippen LogP contribution in [0.2, 0.25) is 0 Å². The van der Waals surface area contributed by atoms with Crippen molar-refractivity contribution in [2.45, 2.75) is 38.5 Å². The first-order valence-corrected chi connectivity index (χ1v) is 9.92. The highest BCUT2D eigenvalue weighted by atomic mass is 16.5. The number of hydrogen-bond acceptors (Lipinski definition) is 4. The fourth-order valence-corrected chi connectivity index (χ4v) is 3.73. The summed E-state index contributed by atoms with van der Waals surface area (Å²) in [6.45, 7) is 4.32. The number of ether oxygens (including phenoxy) is 1. The van der Waals surface area contributed by atoms with E-state index in [4.69, 9.17) is 4.74 Å². The van der Waals surface area contributed by atoms with Crippen LogP contribution in [-0.4, -0.2) is 41.2 Å². The Hall–Kier alpha value is -2.70. The number of benzene rings is 2. The third-order valence-electron chi connectivity index (χ3n) is 4.97. The Morgan fingerprint density at radius 2 is 1.66 bits per heavy atom. The molecule has 0 bridgehead atoms.